The van der Waals surface area contributed by atoms with E-state index in [1.807, 2.05) is 25.1 Å². The maximum absolute atomic E-state index is 12.6. The van der Waals surface area contributed by atoms with Gasteiger partial charge in [0.05, 0.1) is 5.69 Å². The van der Waals surface area contributed by atoms with E-state index in [0.717, 1.165) is 24.1 Å². The van der Waals surface area contributed by atoms with Crippen molar-refractivity contribution < 1.29 is 14.7 Å². The lowest BCUT2D eigenvalue weighted by Crippen LogP contribution is -2.42. The summed E-state index contributed by atoms with van der Waals surface area (Å²) in [6, 6.07) is 5.34. The lowest BCUT2D eigenvalue weighted by molar-refractivity contribution is -0.138. The number of aliphatic carboxylic acids is 1. The number of tetrazole rings is 1. The summed E-state index contributed by atoms with van der Waals surface area (Å²) in [5.41, 5.74) is 2.34. The number of nitrogens with one attached hydrogen (secondary N) is 1. The van der Waals surface area contributed by atoms with Gasteiger partial charge in [0.25, 0.3) is 0 Å². The van der Waals surface area contributed by atoms with E-state index in [9.17, 15) is 9.59 Å². The Morgan fingerprint density at radius 1 is 1.40 bits per heavy atom. The molecule has 3 rings (SSSR count). The number of rotatable bonds is 4. The van der Waals surface area contributed by atoms with Crippen molar-refractivity contribution in [2.45, 2.75) is 26.2 Å². The predicted molar refractivity (Wildman–Crippen MR) is 89.5 cm³/mol. The van der Waals surface area contributed by atoms with Gasteiger partial charge in [0.15, 0.2) is 0 Å². The summed E-state index contributed by atoms with van der Waals surface area (Å²) in [5, 5.41) is 22.9. The van der Waals surface area contributed by atoms with E-state index < -0.39 is 5.97 Å². The molecule has 1 aliphatic heterocycles. The molecular weight excluding hydrogens is 324 g/mol. The molecule has 1 saturated heterocycles. The van der Waals surface area contributed by atoms with Gasteiger partial charge in [0, 0.05) is 25.2 Å². The Hall–Kier alpha value is -2.97. The number of hydrogen-bond donors (Lipinski definition) is 2. The number of nitrogens with zero attached hydrogens (tertiary/aromatic N) is 5. The Kier molecular flexibility index (Phi) is 4.92. The lowest BCUT2D eigenvalue weighted by Gasteiger charge is -2.32. The molecule has 0 saturated carbocycles. The summed E-state index contributed by atoms with van der Waals surface area (Å²) in [5.74, 6) is -0.817. The first-order valence-corrected chi connectivity index (χ1v) is 8.14. The summed E-state index contributed by atoms with van der Waals surface area (Å²) in [7, 11) is 0. The SMILES string of the molecule is Cc1ccc(-n2cnnn2)cc1NC(=O)N1CCCC(CC(=O)O)C1. The zero-order valence-electron chi connectivity index (χ0n) is 13.9. The Balaban J connectivity index is 1.70. The maximum atomic E-state index is 12.6. The molecule has 25 heavy (non-hydrogen) atoms. The summed E-state index contributed by atoms with van der Waals surface area (Å²) in [6.45, 7) is 3.00. The number of hydrogen-bond acceptors (Lipinski definition) is 5. The van der Waals surface area contributed by atoms with Crippen LogP contribution in [0.5, 0.6) is 0 Å². The molecule has 2 N–H and O–H groups in total. The minimum Gasteiger partial charge on any atom is -0.481 e. The second-order valence-electron chi connectivity index (χ2n) is 6.24. The van der Waals surface area contributed by atoms with Crippen molar-refractivity contribution in [2.75, 3.05) is 18.4 Å². The smallest absolute Gasteiger partial charge is 0.321 e. The number of carbonyl (C=O) groups excluding carboxylic acids is 1. The molecule has 132 valence electrons. The summed E-state index contributed by atoms with van der Waals surface area (Å²) < 4.78 is 1.51. The van der Waals surface area contributed by atoms with Gasteiger partial charge in [-0.2, -0.15) is 0 Å². The quantitative estimate of drug-likeness (QED) is 0.872. The molecule has 0 radical (unpaired) electrons. The van der Waals surface area contributed by atoms with E-state index in [2.05, 4.69) is 20.8 Å². The number of aromatic nitrogens is 4. The van der Waals surface area contributed by atoms with E-state index in [1.165, 1.54) is 11.0 Å². The van der Waals surface area contributed by atoms with Gasteiger partial charge in [0.1, 0.15) is 6.33 Å². The number of likely N-dealkylation sites (tertiary alicyclic amines) is 1. The van der Waals surface area contributed by atoms with Gasteiger partial charge in [-0.3, -0.25) is 4.79 Å². The number of anilines is 1. The van der Waals surface area contributed by atoms with Crippen LogP contribution in [0.3, 0.4) is 0 Å². The average Bonchev–Trinajstić information content (AvgIpc) is 3.11. The number of amides is 2. The van der Waals surface area contributed by atoms with Crippen LogP contribution in [-0.2, 0) is 4.79 Å². The first kappa shape index (κ1) is 16.9. The van der Waals surface area contributed by atoms with Gasteiger partial charge >= 0.3 is 12.0 Å². The molecule has 1 fully saturated rings. The number of piperidine rings is 1. The molecule has 2 amide bonds. The Morgan fingerprint density at radius 3 is 2.96 bits per heavy atom. The maximum Gasteiger partial charge on any atom is 0.321 e. The summed E-state index contributed by atoms with van der Waals surface area (Å²) >= 11 is 0. The molecular formula is C16H20N6O3. The molecule has 2 heterocycles. The van der Waals surface area contributed by atoms with Gasteiger partial charge in [-0.15, -0.1) is 5.10 Å². The van der Waals surface area contributed by atoms with Crippen LogP contribution in [0.25, 0.3) is 5.69 Å². The first-order chi connectivity index (χ1) is 12.0. The number of carboxylic acids is 1. The van der Waals surface area contributed by atoms with Crippen molar-refractivity contribution in [3.05, 3.63) is 30.1 Å². The third-order valence-electron chi connectivity index (χ3n) is 4.35. The largest absolute Gasteiger partial charge is 0.481 e. The van der Waals surface area contributed by atoms with E-state index in [4.69, 9.17) is 5.11 Å². The second-order valence-corrected chi connectivity index (χ2v) is 6.24. The molecule has 1 aromatic heterocycles. The fourth-order valence-electron chi connectivity index (χ4n) is 3.02. The van der Waals surface area contributed by atoms with Crippen molar-refractivity contribution in [2.24, 2.45) is 5.92 Å². The molecule has 2 aromatic rings. The molecule has 9 nitrogen and oxygen atoms in total. The van der Waals surface area contributed by atoms with Crippen LogP contribution in [-0.4, -0.2) is 55.3 Å². The molecule has 9 heteroatoms. The van der Waals surface area contributed by atoms with Crippen LogP contribution in [0, 0.1) is 12.8 Å². The van der Waals surface area contributed by atoms with E-state index in [0.29, 0.717) is 18.8 Å². The third kappa shape index (κ3) is 4.11. The van der Waals surface area contributed by atoms with E-state index in [1.54, 1.807) is 4.90 Å². The molecule has 1 aliphatic rings. The van der Waals surface area contributed by atoms with Crippen LogP contribution in [0.1, 0.15) is 24.8 Å². The van der Waals surface area contributed by atoms with Gasteiger partial charge in [-0.25, -0.2) is 9.48 Å². The minimum atomic E-state index is -0.822. The molecule has 0 spiro atoms. The average molecular weight is 344 g/mol. The van der Waals surface area contributed by atoms with Crippen molar-refractivity contribution in [1.29, 1.82) is 0 Å². The highest BCUT2D eigenvalue weighted by Crippen LogP contribution is 2.23. The van der Waals surface area contributed by atoms with Crippen molar-refractivity contribution in [3.63, 3.8) is 0 Å². The highest BCUT2D eigenvalue weighted by Gasteiger charge is 2.25. The standard InChI is InChI=1S/C16H20N6O3/c1-11-4-5-13(22-10-17-19-20-22)8-14(11)18-16(25)21-6-2-3-12(9-21)7-15(23)24/h4-5,8,10,12H,2-3,6-7,9H2,1H3,(H,18,25)(H,23,24). The monoisotopic (exact) mass is 344 g/mol. The second kappa shape index (κ2) is 7.29. The molecule has 0 bridgehead atoms. The molecule has 1 atom stereocenters. The van der Waals surface area contributed by atoms with Crippen LogP contribution in [0.2, 0.25) is 0 Å². The number of carbonyl (C=O) groups is 2. The molecule has 1 aromatic carbocycles. The first-order valence-electron chi connectivity index (χ1n) is 8.14. The zero-order valence-corrected chi connectivity index (χ0v) is 13.9. The van der Waals surface area contributed by atoms with Crippen LogP contribution >= 0.6 is 0 Å². The third-order valence-corrected chi connectivity index (χ3v) is 4.35. The van der Waals surface area contributed by atoms with Crippen LogP contribution in [0.15, 0.2) is 24.5 Å². The highest BCUT2D eigenvalue weighted by atomic mass is 16.4. The Labute approximate surface area is 144 Å². The van der Waals surface area contributed by atoms with Crippen molar-refractivity contribution >= 4 is 17.7 Å². The zero-order chi connectivity index (χ0) is 17.8. The highest BCUT2D eigenvalue weighted by molar-refractivity contribution is 5.90. The number of carboxylic acid groups (broad SMARTS) is 1. The van der Waals surface area contributed by atoms with Gasteiger partial charge in [0.2, 0.25) is 0 Å². The fourth-order valence-corrected chi connectivity index (χ4v) is 3.02. The van der Waals surface area contributed by atoms with Crippen LogP contribution in [0.4, 0.5) is 10.5 Å². The lowest BCUT2D eigenvalue weighted by atomic mass is 9.95. The van der Waals surface area contributed by atoms with Gasteiger partial charge < -0.3 is 15.3 Å². The number of aryl methyl sites for hydroxylation is 1. The van der Waals surface area contributed by atoms with Gasteiger partial charge in [-0.05, 0) is 53.8 Å². The Morgan fingerprint density at radius 2 is 2.24 bits per heavy atom. The number of urea groups is 1. The van der Waals surface area contributed by atoms with Crippen LogP contribution < -0.4 is 5.32 Å². The fraction of sp³-hybridized carbons (Fsp3) is 0.438. The Bertz CT molecular complexity index is 761. The minimum absolute atomic E-state index is 0.00524. The normalized spacial score (nSPS) is 17.3. The molecule has 0 aliphatic carbocycles. The molecule has 1 unspecified atom stereocenters. The van der Waals surface area contributed by atoms with Gasteiger partial charge in [-0.1, -0.05) is 6.07 Å². The van der Waals surface area contributed by atoms with Crippen molar-refractivity contribution in [3.8, 4) is 5.69 Å². The van der Waals surface area contributed by atoms with Crippen molar-refractivity contribution in [1.82, 2.24) is 25.1 Å². The predicted octanol–water partition coefficient (Wildman–Crippen LogP) is 1.69. The topological polar surface area (TPSA) is 113 Å². The van der Waals surface area contributed by atoms with E-state index in [-0.39, 0.29) is 18.4 Å². The number of benzene rings is 1. The summed E-state index contributed by atoms with van der Waals surface area (Å²) in [6.07, 6.45) is 3.23. The van der Waals surface area contributed by atoms with E-state index >= 15 is 0 Å². The summed E-state index contributed by atoms with van der Waals surface area (Å²) in [4.78, 5) is 25.1.